The average Bonchev–Trinajstić information content (AvgIpc) is 2.97. The van der Waals surface area contributed by atoms with Crippen LogP contribution in [0, 0.1) is 5.21 Å². The van der Waals surface area contributed by atoms with Crippen LogP contribution in [-0.2, 0) is 22.6 Å². The molecule has 1 aromatic heterocycles. The van der Waals surface area contributed by atoms with Gasteiger partial charge in [-0.15, -0.1) is 0 Å². The van der Waals surface area contributed by atoms with E-state index in [1.54, 1.807) is 6.07 Å². The predicted molar refractivity (Wildman–Crippen MR) is 144 cm³/mol. The number of nitrogens with two attached hydrogens (primary N) is 1. The molecule has 1 aliphatic rings. The molecule has 37 heavy (non-hydrogen) atoms. The molecule has 3 atom stereocenters. The molecule has 2 heterocycles. The Balaban J connectivity index is 1.37. The zero-order valence-corrected chi connectivity index (χ0v) is 21.2. The molecule has 0 amide bonds. The molecule has 0 radical (unpaired) electrons. The number of aromatic nitrogens is 1. The molecule has 6 nitrogen and oxygen atoms in total. The van der Waals surface area contributed by atoms with Crippen LogP contribution < -0.4 is 10.5 Å². The normalized spacial score (nSPS) is 19.6. The first-order valence-electron chi connectivity index (χ1n) is 12.3. The van der Waals surface area contributed by atoms with Crippen LogP contribution in [0.1, 0.15) is 41.1 Å². The Kier molecular flexibility index (Phi) is 8.18. The second kappa shape index (κ2) is 11.9. The fourth-order valence-corrected chi connectivity index (χ4v) is 5.37. The Morgan fingerprint density at radius 3 is 2.38 bits per heavy atom. The summed E-state index contributed by atoms with van der Waals surface area (Å²) in [6.45, 7) is 0.509. The van der Waals surface area contributed by atoms with Crippen molar-refractivity contribution in [1.82, 2.24) is 0 Å². The summed E-state index contributed by atoms with van der Waals surface area (Å²) in [5.41, 5.74) is 11.9. The van der Waals surface area contributed by atoms with Gasteiger partial charge in [0.2, 0.25) is 0 Å². The summed E-state index contributed by atoms with van der Waals surface area (Å²) in [5.74, 6) is 0.626. The van der Waals surface area contributed by atoms with Gasteiger partial charge in [-0.25, -0.2) is 0 Å². The van der Waals surface area contributed by atoms with Crippen LogP contribution in [0.4, 0.5) is 0 Å². The highest BCUT2D eigenvalue weighted by atomic mass is 32.2. The first-order chi connectivity index (χ1) is 18.1. The predicted octanol–water partition coefficient (Wildman–Crippen LogP) is 5.28. The Morgan fingerprint density at radius 1 is 0.865 bits per heavy atom. The standard InChI is InChI=1S/C30H30N2O4S/c31-18-22-4-3-5-26(16-22)23-11-13-25(14-12-23)30-35-27(20-37-29-6-1-2-15-32(29)34)17-28(36-30)24-9-7-21(19-33)8-10-24/h1-16,27-28,30,33H,17-20,31H2/t27-,28+,30+/m0/s1. The minimum absolute atomic E-state index is 0.00358. The number of aliphatic hydroxyl groups is 1. The molecule has 0 aliphatic carbocycles. The van der Waals surface area contributed by atoms with E-state index in [2.05, 4.69) is 24.3 Å². The fourth-order valence-electron chi connectivity index (χ4n) is 4.44. The second-order valence-corrected chi connectivity index (χ2v) is 10.1. The largest absolute Gasteiger partial charge is 0.618 e. The fraction of sp³-hybridized carbons (Fsp3) is 0.233. The number of hydrogen-bond donors (Lipinski definition) is 2. The third-order valence-corrected chi connectivity index (χ3v) is 7.65. The number of aliphatic hydroxyl groups excluding tert-OH is 1. The molecule has 1 saturated heterocycles. The van der Waals surface area contributed by atoms with Crippen molar-refractivity contribution in [1.29, 1.82) is 0 Å². The van der Waals surface area contributed by atoms with Crippen LogP contribution in [0.3, 0.4) is 0 Å². The number of pyridine rings is 1. The van der Waals surface area contributed by atoms with Crippen LogP contribution in [0.5, 0.6) is 0 Å². The molecule has 0 saturated carbocycles. The summed E-state index contributed by atoms with van der Waals surface area (Å²) in [7, 11) is 0. The molecule has 5 rings (SSSR count). The molecular formula is C30H30N2O4S. The maximum atomic E-state index is 12.1. The zero-order valence-electron chi connectivity index (χ0n) is 20.4. The van der Waals surface area contributed by atoms with Crippen LogP contribution in [0.15, 0.2) is 102 Å². The molecule has 4 aromatic rings. The van der Waals surface area contributed by atoms with Crippen molar-refractivity contribution >= 4 is 11.8 Å². The van der Waals surface area contributed by atoms with Crippen LogP contribution >= 0.6 is 11.8 Å². The topological polar surface area (TPSA) is 91.7 Å². The summed E-state index contributed by atoms with van der Waals surface area (Å²) in [6, 6.07) is 29.7. The van der Waals surface area contributed by atoms with Crippen molar-refractivity contribution in [3.05, 3.63) is 125 Å². The molecule has 3 aromatic carbocycles. The second-order valence-electron chi connectivity index (χ2n) is 9.05. The van der Waals surface area contributed by atoms with E-state index in [9.17, 15) is 10.3 Å². The molecule has 0 bridgehead atoms. The molecular weight excluding hydrogens is 484 g/mol. The Morgan fingerprint density at radius 2 is 1.65 bits per heavy atom. The van der Waals surface area contributed by atoms with Crippen LogP contribution in [-0.4, -0.2) is 17.0 Å². The lowest BCUT2D eigenvalue weighted by Crippen LogP contribution is -2.32. The number of rotatable bonds is 8. The number of ether oxygens (including phenoxy) is 2. The highest BCUT2D eigenvalue weighted by molar-refractivity contribution is 7.99. The van der Waals surface area contributed by atoms with Gasteiger partial charge in [0, 0.05) is 36.4 Å². The van der Waals surface area contributed by atoms with Crippen molar-refractivity contribution < 1.29 is 19.3 Å². The van der Waals surface area contributed by atoms with E-state index in [1.165, 1.54) is 18.0 Å². The van der Waals surface area contributed by atoms with E-state index < -0.39 is 6.29 Å². The van der Waals surface area contributed by atoms with Gasteiger partial charge in [0.25, 0.3) is 5.03 Å². The van der Waals surface area contributed by atoms with E-state index in [1.807, 2.05) is 60.7 Å². The van der Waals surface area contributed by atoms with E-state index in [0.717, 1.165) is 38.1 Å². The molecule has 7 heteroatoms. The van der Waals surface area contributed by atoms with Crippen molar-refractivity contribution in [2.24, 2.45) is 5.73 Å². The maximum absolute atomic E-state index is 12.1. The molecule has 1 aliphatic heterocycles. The third kappa shape index (κ3) is 6.21. The Labute approximate surface area is 221 Å². The minimum Gasteiger partial charge on any atom is -0.618 e. The van der Waals surface area contributed by atoms with E-state index in [4.69, 9.17) is 15.2 Å². The Hall–Kier alpha value is -3.20. The average molecular weight is 515 g/mol. The van der Waals surface area contributed by atoms with E-state index >= 15 is 0 Å². The number of hydrogen-bond acceptors (Lipinski definition) is 6. The van der Waals surface area contributed by atoms with Gasteiger partial charge in [-0.3, -0.25) is 0 Å². The van der Waals surface area contributed by atoms with Gasteiger partial charge in [0.05, 0.1) is 18.8 Å². The summed E-state index contributed by atoms with van der Waals surface area (Å²) in [4.78, 5) is 0. The van der Waals surface area contributed by atoms with Crippen molar-refractivity contribution in [3.8, 4) is 11.1 Å². The summed E-state index contributed by atoms with van der Waals surface area (Å²) in [6.07, 6.45) is 1.34. The van der Waals surface area contributed by atoms with E-state index in [0.29, 0.717) is 23.7 Å². The van der Waals surface area contributed by atoms with Gasteiger partial charge in [-0.2, -0.15) is 4.73 Å². The summed E-state index contributed by atoms with van der Waals surface area (Å²) >= 11 is 1.48. The van der Waals surface area contributed by atoms with Crippen molar-refractivity contribution in [2.75, 3.05) is 5.75 Å². The Bertz CT molecular complexity index is 1310. The lowest BCUT2D eigenvalue weighted by molar-refractivity contribution is -0.645. The van der Waals surface area contributed by atoms with Gasteiger partial charge in [0.15, 0.2) is 12.5 Å². The number of nitrogens with zero attached hydrogens (tertiary/aromatic N) is 1. The zero-order chi connectivity index (χ0) is 25.6. The molecule has 0 unspecified atom stereocenters. The lowest BCUT2D eigenvalue weighted by atomic mass is 9.99. The minimum atomic E-state index is -0.540. The smallest absolute Gasteiger partial charge is 0.251 e. The molecule has 3 N–H and O–H groups in total. The van der Waals surface area contributed by atoms with Crippen LogP contribution in [0.2, 0.25) is 0 Å². The number of benzene rings is 3. The lowest BCUT2D eigenvalue weighted by Gasteiger charge is -2.36. The van der Waals surface area contributed by atoms with Gasteiger partial charge < -0.3 is 25.5 Å². The third-order valence-electron chi connectivity index (χ3n) is 6.50. The molecule has 190 valence electrons. The highest BCUT2D eigenvalue weighted by Gasteiger charge is 2.32. The van der Waals surface area contributed by atoms with Crippen LogP contribution in [0.25, 0.3) is 11.1 Å². The van der Waals surface area contributed by atoms with Gasteiger partial charge in [0.1, 0.15) is 0 Å². The SMILES string of the molecule is NCc1cccc(-c2ccc([C@@H]3O[C@H](CSc4cccc[n+]4[O-])C[C@H](c4ccc(CO)cc4)O3)cc2)c1. The van der Waals surface area contributed by atoms with Gasteiger partial charge in [-0.1, -0.05) is 78.5 Å². The highest BCUT2D eigenvalue weighted by Crippen LogP contribution is 2.39. The van der Waals surface area contributed by atoms with E-state index in [-0.39, 0.29) is 18.8 Å². The first-order valence-corrected chi connectivity index (χ1v) is 13.3. The van der Waals surface area contributed by atoms with Gasteiger partial charge >= 0.3 is 0 Å². The van der Waals surface area contributed by atoms with Crippen molar-refractivity contribution in [3.63, 3.8) is 0 Å². The van der Waals surface area contributed by atoms with Gasteiger partial charge in [-0.05, 0) is 39.9 Å². The van der Waals surface area contributed by atoms with Crippen molar-refractivity contribution in [2.45, 2.75) is 43.1 Å². The molecule has 1 fully saturated rings. The molecule has 0 spiro atoms. The summed E-state index contributed by atoms with van der Waals surface area (Å²) in [5, 5.41) is 22.2. The monoisotopic (exact) mass is 514 g/mol. The maximum Gasteiger partial charge on any atom is 0.251 e. The number of thioether (sulfide) groups is 1. The quantitative estimate of drug-likeness (QED) is 0.189. The summed E-state index contributed by atoms with van der Waals surface area (Å²) < 4.78 is 13.7. The first kappa shape index (κ1) is 25.4.